The average molecular weight is 224 g/mol. The summed E-state index contributed by atoms with van der Waals surface area (Å²) in [5.41, 5.74) is 0. The first-order valence-corrected chi connectivity index (χ1v) is 6.25. The minimum atomic E-state index is -0.367. The molecule has 2 radical (unpaired) electrons. The Hall–Kier alpha value is -0.790. The molecule has 0 spiro atoms. The van der Waals surface area contributed by atoms with Crippen molar-refractivity contribution in [2.24, 2.45) is 0 Å². The Morgan fingerprint density at radius 2 is 1.56 bits per heavy atom. The Morgan fingerprint density at radius 3 is 2.12 bits per heavy atom. The lowest BCUT2D eigenvalue weighted by molar-refractivity contribution is -0.134. The highest BCUT2D eigenvalue weighted by Gasteiger charge is 1.96. The lowest BCUT2D eigenvalue weighted by Gasteiger charge is -2.02. The molecule has 0 aromatic heterocycles. The van der Waals surface area contributed by atoms with Gasteiger partial charge in [-0.1, -0.05) is 58.4 Å². The van der Waals surface area contributed by atoms with Gasteiger partial charge in [0.25, 0.3) is 0 Å². The molecule has 0 aliphatic heterocycles. The van der Waals surface area contributed by atoms with Gasteiger partial charge in [-0.15, -0.1) is 0 Å². The van der Waals surface area contributed by atoms with Crippen LogP contribution in [0.5, 0.6) is 0 Å². The Labute approximate surface area is 100 Å². The van der Waals surface area contributed by atoms with Gasteiger partial charge in [0.1, 0.15) is 6.61 Å². The van der Waals surface area contributed by atoms with Crippen LogP contribution in [0.3, 0.4) is 0 Å². The van der Waals surface area contributed by atoms with Crippen molar-refractivity contribution in [1.82, 2.24) is 0 Å². The Bertz CT molecular complexity index is 176. The third-order valence-electron chi connectivity index (χ3n) is 2.44. The molecule has 16 heavy (non-hydrogen) atoms. The minimum Gasteiger partial charge on any atom is -0.455 e. The number of hydrogen-bond donors (Lipinski definition) is 0. The number of rotatable bonds is 11. The second kappa shape index (κ2) is 12.3. The smallest absolute Gasteiger partial charge is 0.330 e. The summed E-state index contributed by atoms with van der Waals surface area (Å²) in [5.74, 6) is -0.367. The second-order valence-electron chi connectivity index (χ2n) is 3.92. The molecular weight excluding hydrogens is 200 g/mol. The molecule has 92 valence electrons. The molecule has 0 unspecified atom stereocenters. The first-order valence-electron chi connectivity index (χ1n) is 6.25. The maximum Gasteiger partial charge on any atom is 0.330 e. The molecule has 0 aliphatic rings. The zero-order valence-electron chi connectivity index (χ0n) is 10.2. The molecule has 0 bridgehead atoms. The van der Waals surface area contributed by atoms with Crippen LogP contribution in [0.15, 0.2) is 12.7 Å². The Kier molecular flexibility index (Phi) is 11.7. The van der Waals surface area contributed by atoms with Gasteiger partial charge >= 0.3 is 5.97 Å². The molecule has 0 heterocycles. The molecule has 0 saturated carbocycles. The molecule has 2 nitrogen and oxygen atoms in total. The number of hydrogen-bond acceptors (Lipinski definition) is 2. The predicted molar refractivity (Wildman–Crippen MR) is 67.5 cm³/mol. The van der Waals surface area contributed by atoms with Crippen molar-refractivity contribution in [2.75, 3.05) is 0 Å². The quantitative estimate of drug-likeness (QED) is 0.298. The van der Waals surface area contributed by atoms with Gasteiger partial charge in [0.15, 0.2) is 0 Å². The van der Waals surface area contributed by atoms with Gasteiger partial charge in [0, 0.05) is 6.08 Å². The third kappa shape index (κ3) is 11.3. The standard InChI is InChI=1S/C14H24O2/c1-3-5-6-7-8-9-10-11-12-13-16-14(15)4-2/h4,13H,1-3,5-12H2. The van der Waals surface area contributed by atoms with Crippen LogP contribution in [-0.2, 0) is 9.53 Å². The summed E-state index contributed by atoms with van der Waals surface area (Å²) < 4.78 is 4.76. The molecule has 0 aromatic carbocycles. The normalized spacial score (nSPS) is 10.1. The van der Waals surface area contributed by atoms with E-state index in [0.717, 1.165) is 19.3 Å². The fraction of sp³-hybridized carbons (Fsp3) is 0.643. The number of carbonyl (C=O) groups excluding carboxylic acids is 1. The van der Waals surface area contributed by atoms with Crippen molar-refractivity contribution >= 4 is 5.97 Å². The van der Waals surface area contributed by atoms with E-state index in [-0.39, 0.29) is 5.97 Å². The van der Waals surface area contributed by atoms with Crippen LogP contribution in [-0.4, -0.2) is 5.97 Å². The van der Waals surface area contributed by atoms with Crippen molar-refractivity contribution in [2.45, 2.75) is 57.8 Å². The molecule has 0 fully saturated rings. The van der Waals surface area contributed by atoms with Crippen molar-refractivity contribution in [1.29, 1.82) is 0 Å². The highest BCUT2D eigenvalue weighted by Crippen LogP contribution is 2.10. The van der Waals surface area contributed by atoms with Gasteiger partial charge < -0.3 is 4.74 Å². The molecule has 2 heteroatoms. The van der Waals surface area contributed by atoms with Crippen LogP contribution in [0, 0.1) is 13.5 Å². The minimum absolute atomic E-state index is 0.367. The van der Waals surface area contributed by atoms with Crippen molar-refractivity contribution < 1.29 is 9.53 Å². The molecule has 0 rings (SSSR count). The highest BCUT2D eigenvalue weighted by atomic mass is 16.5. The van der Waals surface area contributed by atoms with E-state index in [4.69, 9.17) is 4.74 Å². The van der Waals surface area contributed by atoms with E-state index in [2.05, 4.69) is 13.5 Å². The van der Waals surface area contributed by atoms with Crippen LogP contribution in [0.4, 0.5) is 0 Å². The summed E-state index contributed by atoms with van der Waals surface area (Å²) in [6.07, 6.45) is 11.9. The van der Waals surface area contributed by atoms with E-state index in [1.54, 1.807) is 6.61 Å². The topological polar surface area (TPSA) is 26.3 Å². The zero-order chi connectivity index (χ0) is 12.1. The van der Waals surface area contributed by atoms with Crippen molar-refractivity contribution in [3.63, 3.8) is 0 Å². The summed E-state index contributed by atoms with van der Waals surface area (Å²) in [6, 6.07) is 0. The van der Waals surface area contributed by atoms with Gasteiger partial charge in [-0.05, 0) is 12.8 Å². The number of esters is 1. The number of unbranched alkanes of at least 4 members (excludes halogenated alkanes) is 8. The third-order valence-corrected chi connectivity index (χ3v) is 2.44. The molecule has 0 saturated heterocycles. The molecule has 0 atom stereocenters. The predicted octanol–water partition coefficient (Wildman–Crippen LogP) is 4.22. The fourth-order valence-electron chi connectivity index (χ4n) is 1.48. The van der Waals surface area contributed by atoms with E-state index < -0.39 is 0 Å². The lowest BCUT2D eigenvalue weighted by atomic mass is 10.1. The Balaban J connectivity index is 2.98. The average Bonchev–Trinajstić information content (AvgIpc) is 2.31. The summed E-state index contributed by atoms with van der Waals surface area (Å²) in [7, 11) is 0. The highest BCUT2D eigenvalue weighted by molar-refractivity contribution is 5.81. The van der Waals surface area contributed by atoms with Gasteiger partial charge in [-0.2, -0.15) is 0 Å². The van der Waals surface area contributed by atoms with Crippen LogP contribution >= 0.6 is 0 Å². The summed E-state index contributed by atoms with van der Waals surface area (Å²) >= 11 is 0. The van der Waals surface area contributed by atoms with Crippen LogP contribution in [0.25, 0.3) is 0 Å². The zero-order valence-corrected chi connectivity index (χ0v) is 10.2. The van der Waals surface area contributed by atoms with Gasteiger partial charge in [0.05, 0.1) is 0 Å². The van der Waals surface area contributed by atoms with E-state index in [1.165, 1.54) is 44.6 Å². The summed E-state index contributed by atoms with van der Waals surface area (Å²) in [6.45, 7) is 8.72. The van der Waals surface area contributed by atoms with Gasteiger partial charge in [0.2, 0.25) is 0 Å². The lowest BCUT2D eigenvalue weighted by Crippen LogP contribution is -1.96. The van der Waals surface area contributed by atoms with E-state index in [1.807, 2.05) is 0 Å². The molecular formula is C14H24O2. The number of carbonyl (C=O) groups is 1. The fourth-order valence-corrected chi connectivity index (χ4v) is 1.48. The van der Waals surface area contributed by atoms with Crippen molar-refractivity contribution in [3.05, 3.63) is 26.2 Å². The van der Waals surface area contributed by atoms with E-state index in [0.29, 0.717) is 0 Å². The molecule has 0 amide bonds. The number of ether oxygens (including phenoxy) is 1. The first kappa shape index (κ1) is 15.2. The van der Waals surface area contributed by atoms with Crippen LogP contribution in [0.2, 0.25) is 0 Å². The van der Waals surface area contributed by atoms with Crippen LogP contribution in [0.1, 0.15) is 57.8 Å². The molecule has 0 aromatic rings. The Morgan fingerprint density at radius 1 is 1.00 bits per heavy atom. The van der Waals surface area contributed by atoms with E-state index >= 15 is 0 Å². The van der Waals surface area contributed by atoms with Gasteiger partial charge in [-0.3, -0.25) is 0 Å². The summed E-state index contributed by atoms with van der Waals surface area (Å²) in [5, 5.41) is 0. The SMILES string of the molecule is [CH2]CCCCCCCCC[CH]OC(=O)C=C. The maximum atomic E-state index is 10.7. The maximum absolute atomic E-state index is 10.7. The van der Waals surface area contributed by atoms with E-state index in [9.17, 15) is 4.79 Å². The largest absolute Gasteiger partial charge is 0.455 e. The second-order valence-corrected chi connectivity index (χ2v) is 3.92. The van der Waals surface area contributed by atoms with Gasteiger partial charge in [-0.25, -0.2) is 4.79 Å². The monoisotopic (exact) mass is 224 g/mol. The summed E-state index contributed by atoms with van der Waals surface area (Å²) in [4.78, 5) is 10.7. The molecule has 0 N–H and O–H groups in total. The van der Waals surface area contributed by atoms with Crippen molar-refractivity contribution in [3.8, 4) is 0 Å². The molecule has 0 aliphatic carbocycles. The van der Waals surface area contributed by atoms with Crippen LogP contribution < -0.4 is 0 Å². The first-order chi connectivity index (χ1) is 7.81.